The molecule has 1 aromatic rings. The first-order valence-electron chi connectivity index (χ1n) is 10.4. The van der Waals surface area contributed by atoms with Gasteiger partial charge in [0.1, 0.15) is 17.2 Å². The van der Waals surface area contributed by atoms with Crippen LogP contribution in [0.2, 0.25) is 0 Å². The molecule has 0 spiro atoms. The third kappa shape index (κ3) is 4.99. The minimum atomic E-state index is -3.76. The monoisotopic (exact) mass is 452 g/mol. The number of rotatable bonds is 8. The predicted octanol–water partition coefficient (Wildman–Crippen LogP) is 0.499. The minimum Gasteiger partial charge on any atom is -0.492 e. The number of anilines is 1. The van der Waals surface area contributed by atoms with E-state index in [9.17, 15) is 22.8 Å². The maximum Gasteiger partial charge on any atom is 0.312 e. The van der Waals surface area contributed by atoms with Crippen LogP contribution in [0.15, 0.2) is 23.1 Å². The Bertz CT molecular complexity index is 958. The van der Waals surface area contributed by atoms with Crippen LogP contribution < -0.4 is 10.1 Å². The fourth-order valence-corrected chi connectivity index (χ4v) is 5.35. The molecule has 0 aliphatic carbocycles. The number of hydrogen-bond acceptors (Lipinski definition) is 6. The lowest BCUT2D eigenvalue weighted by Gasteiger charge is -2.32. The Morgan fingerprint density at radius 3 is 2.32 bits per heavy atom. The maximum atomic E-state index is 13.1. The number of piperazine rings is 1. The molecule has 0 bridgehead atoms. The summed E-state index contributed by atoms with van der Waals surface area (Å²) in [5.41, 5.74) is 0.275. The molecule has 0 atom stereocenters. The molecule has 2 fully saturated rings. The van der Waals surface area contributed by atoms with Gasteiger partial charge in [-0.15, -0.1) is 0 Å². The largest absolute Gasteiger partial charge is 0.492 e. The van der Waals surface area contributed by atoms with Crippen molar-refractivity contribution < 1.29 is 27.5 Å². The van der Waals surface area contributed by atoms with Crippen LogP contribution in [0.1, 0.15) is 26.7 Å². The van der Waals surface area contributed by atoms with E-state index in [2.05, 4.69) is 5.32 Å². The summed E-state index contributed by atoms with van der Waals surface area (Å²) in [6.45, 7) is 5.53. The highest BCUT2D eigenvalue weighted by molar-refractivity contribution is 7.89. The van der Waals surface area contributed by atoms with Gasteiger partial charge in [0.25, 0.3) is 0 Å². The van der Waals surface area contributed by atoms with Crippen molar-refractivity contribution in [3.05, 3.63) is 18.2 Å². The third-order valence-electron chi connectivity index (χ3n) is 5.32. The fraction of sp³-hybridized carbons (Fsp3) is 0.550. The first kappa shape index (κ1) is 23.0. The van der Waals surface area contributed by atoms with Gasteiger partial charge in [0.15, 0.2) is 0 Å². The zero-order chi connectivity index (χ0) is 22.6. The van der Waals surface area contributed by atoms with Crippen molar-refractivity contribution in [2.75, 3.05) is 51.2 Å². The summed E-state index contributed by atoms with van der Waals surface area (Å²) in [5.74, 6) is -1.63. The standard InChI is InChI=1S/C20H28N4O6S/c1-3-22-11-12-23(20(27)19(22)26)14-18(25)21-15-7-8-16(30-4-2)17(13-15)31(28,29)24-9-5-6-10-24/h7-8,13H,3-6,9-12,14H2,1-2H3,(H,21,25). The Hall–Kier alpha value is -2.66. The number of benzene rings is 1. The lowest BCUT2D eigenvalue weighted by Crippen LogP contribution is -2.55. The van der Waals surface area contributed by atoms with Gasteiger partial charge in [-0.25, -0.2) is 8.42 Å². The number of hydrogen-bond donors (Lipinski definition) is 1. The second kappa shape index (κ2) is 9.65. The molecule has 31 heavy (non-hydrogen) atoms. The molecule has 170 valence electrons. The molecular weight excluding hydrogens is 424 g/mol. The van der Waals surface area contributed by atoms with Gasteiger partial charge in [-0.3, -0.25) is 14.4 Å². The van der Waals surface area contributed by atoms with Crippen molar-refractivity contribution in [3.8, 4) is 5.75 Å². The van der Waals surface area contributed by atoms with Crippen LogP contribution >= 0.6 is 0 Å². The number of carbonyl (C=O) groups is 3. The Morgan fingerprint density at radius 2 is 1.68 bits per heavy atom. The quantitative estimate of drug-likeness (QED) is 0.574. The van der Waals surface area contributed by atoms with Crippen LogP contribution in [0.25, 0.3) is 0 Å². The lowest BCUT2D eigenvalue weighted by atomic mass is 10.2. The molecule has 2 aliphatic rings. The highest BCUT2D eigenvalue weighted by Gasteiger charge is 2.33. The Labute approximate surface area is 182 Å². The van der Waals surface area contributed by atoms with Gasteiger partial charge in [0, 0.05) is 38.4 Å². The molecule has 0 aromatic heterocycles. The van der Waals surface area contributed by atoms with E-state index < -0.39 is 27.7 Å². The lowest BCUT2D eigenvalue weighted by molar-refractivity contribution is -0.156. The van der Waals surface area contributed by atoms with Crippen molar-refractivity contribution in [1.29, 1.82) is 0 Å². The molecule has 2 saturated heterocycles. The molecule has 0 unspecified atom stereocenters. The smallest absolute Gasteiger partial charge is 0.312 e. The molecule has 1 N–H and O–H groups in total. The maximum absolute atomic E-state index is 13.1. The fourth-order valence-electron chi connectivity index (χ4n) is 3.67. The summed E-state index contributed by atoms with van der Waals surface area (Å²) in [4.78, 5) is 39.3. The zero-order valence-corrected chi connectivity index (χ0v) is 18.6. The Morgan fingerprint density at radius 1 is 1.03 bits per heavy atom. The molecule has 2 aliphatic heterocycles. The summed E-state index contributed by atoms with van der Waals surface area (Å²) >= 11 is 0. The van der Waals surface area contributed by atoms with Gasteiger partial charge in [0.05, 0.1) is 6.61 Å². The molecule has 1 aromatic carbocycles. The molecule has 11 heteroatoms. The SMILES string of the molecule is CCOc1ccc(NC(=O)CN2CCN(CC)C(=O)C2=O)cc1S(=O)(=O)N1CCCC1. The molecule has 0 radical (unpaired) electrons. The number of nitrogens with one attached hydrogen (secondary N) is 1. The third-order valence-corrected chi connectivity index (χ3v) is 7.24. The molecule has 10 nitrogen and oxygen atoms in total. The zero-order valence-electron chi connectivity index (χ0n) is 17.8. The van der Waals surface area contributed by atoms with Crippen LogP contribution in [0.4, 0.5) is 5.69 Å². The van der Waals surface area contributed by atoms with E-state index in [1.54, 1.807) is 19.9 Å². The normalized spacial score (nSPS) is 17.9. The van der Waals surface area contributed by atoms with Crippen molar-refractivity contribution in [1.82, 2.24) is 14.1 Å². The second-order valence-electron chi connectivity index (χ2n) is 7.37. The first-order valence-corrected chi connectivity index (χ1v) is 11.9. The van der Waals surface area contributed by atoms with E-state index in [-0.39, 0.29) is 29.4 Å². The second-order valence-corrected chi connectivity index (χ2v) is 9.27. The number of amides is 3. The number of ether oxygens (including phenoxy) is 1. The first-order chi connectivity index (χ1) is 14.8. The highest BCUT2D eigenvalue weighted by Crippen LogP contribution is 2.31. The van der Waals surface area contributed by atoms with Gasteiger partial charge in [-0.1, -0.05) is 0 Å². The van der Waals surface area contributed by atoms with E-state index in [1.165, 1.54) is 26.2 Å². The van der Waals surface area contributed by atoms with Crippen molar-refractivity contribution in [3.63, 3.8) is 0 Å². The van der Waals surface area contributed by atoms with Gasteiger partial charge < -0.3 is 19.9 Å². The summed E-state index contributed by atoms with van der Waals surface area (Å²) in [5, 5.41) is 2.63. The predicted molar refractivity (Wildman–Crippen MR) is 113 cm³/mol. The Balaban J connectivity index is 1.75. The van der Waals surface area contributed by atoms with Crippen LogP contribution in [0.5, 0.6) is 5.75 Å². The molecule has 3 amide bonds. The molecular formula is C20H28N4O6S. The summed E-state index contributed by atoms with van der Waals surface area (Å²) < 4.78 is 33.0. The summed E-state index contributed by atoms with van der Waals surface area (Å²) in [6, 6.07) is 4.43. The van der Waals surface area contributed by atoms with Gasteiger partial charge in [-0.2, -0.15) is 4.31 Å². The van der Waals surface area contributed by atoms with Crippen LogP contribution in [-0.2, 0) is 24.4 Å². The van der Waals surface area contributed by atoms with Gasteiger partial charge in [0.2, 0.25) is 15.9 Å². The topological polar surface area (TPSA) is 116 Å². The van der Waals surface area contributed by atoms with Gasteiger partial charge in [-0.05, 0) is 44.9 Å². The average Bonchev–Trinajstić information content (AvgIpc) is 3.29. The molecule has 0 saturated carbocycles. The van der Waals surface area contributed by atoms with E-state index >= 15 is 0 Å². The van der Waals surface area contributed by atoms with E-state index in [4.69, 9.17) is 4.74 Å². The van der Waals surface area contributed by atoms with Crippen molar-refractivity contribution in [2.45, 2.75) is 31.6 Å². The van der Waals surface area contributed by atoms with Crippen LogP contribution in [0, 0.1) is 0 Å². The average molecular weight is 453 g/mol. The van der Waals surface area contributed by atoms with Gasteiger partial charge >= 0.3 is 11.8 Å². The van der Waals surface area contributed by atoms with E-state index in [0.29, 0.717) is 32.8 Å². The number of carbonyl (C=O) groups excluding carboxylic acids is 3. The van der Waals surface area contributed by atoms with E-state index in [0.717, 1.165) is 12.8 Å². The minimum absolute atomic E-state index is 0.00290. The summed E-state index contributed by atoms with van der Waals surface area (Å²) in [7, 11) is -3.76. The molecule has 2 heterocycles. The van der Waals surface area contributed by atoms with Crippen molar-refractivity contribution >= 4 is 33.4 Å². The van der Waals surface area contributed by atoms with Crippen LogP contribution in [0.3, 0.4) is 0 Å². The summed E-state index contributed by atoms with van der Waals surface area (Å²) in [6.07, 6.45) is 1.61. The van der Waals surface area contributed by atoms with E-state index in [1.807, 2.05) is 0 Å². The van der Waals surface area contributed by atoms with Crippen molar-refractivity contribution in [2.24, 2.45) is 0 Å². The van der Waals surface area contributed by atoms with Crippen LogP contribution in [-0.4, -0.2) is 86.1 Å². The Kier molecular flexibility index (Phi) is 7.16. The number of sulfonamides is 1. The number of nitrogens with zero attached hydrogens (tertiary/aromatic N) is 3. The highest BCUT2D eigenvalue weighted by atomic mass is 32.2. The number of likely N-dealkylation sites (N-methyl/N-ethyl adjacent to an activating group) is 1. The molecule has 3 rings (SSSR count).